The van der Waals surface area contributed by atoms with Gasteiger partial charge < -0.3 is 20.0 Å². The van der Waals surface area contributed by atoms with Gasteiger partial charge in [0.1, 0.15) is 6.04 Å². The molecule has 2 N–H and O–H groups in total. The third-order valence-corrected chi connectivity index (χ3v) is 4.55. The summed E-state index contributed by atoms with van der Waals surface area (Å²) in [7, 11) is 0. The first-order valence-electron chi connectivity index (χ1n) is 9.05. The van der Waals surface area contributed by atoms with E-state index < -0.39 is 11.9 Å². The van der Waals surface area contributed by atoms with Gasteiger partial charge in [0.2, 0.25) is 5.91 Å². The standard InChI is InChI=1S/C20H23N3O4/c1-14(22-19(25)17-5-4-12-27-17)18(24)21-13-15-6-8-16(9-7-15)20(26)23-10-2-3-11-23/h4-9,12,14H,2-3,10-11,13H2,1H3,(H,21,24)(H,22,25). The minimum Gasteiger partial charge on any atom is -0.459 e. The van der Waals surface area contributed by atoms with Crippen LogP contribution in [0.1, 0.15) is 46.2 Å². The van der Waals surface area contributed by atoms with Crippen LogP contribution in [0.15, 0.2) is 47.1 Å². The average molecular weight is 369 g/mol. The zero-order valence-corrected chi connectivity index (χ0v) is 15.2. The molecule has 1 aromatic heterocycles. The van der Waals surface area contributed by atoms with Crippen LogP contribution in [-0.2, 0) is 11.3 Å². The van der Waals surface area contributed by atoms with Crippen molar-refractivity contribution in [3.05, 3.63) is 59.5 Å². The molecule has 1 atom stereocenters. The highest BCUT2D eigenvalue weighted by atomic mass is 16.3. The van der Waals surface area contributed by atoms with Gasteiger partial charge in [-0.2, -0.15) is 0 Å². The van der Waals surface area contributed by atoms with E-state index in [1.807, 2.05) is 17.0 Å². The Morgan fingerprint density at radius 3 is 2.44 bits per heavy atom. The Balaban J connectivity index is 1.48. The van der Waals surface area contributed by atoms with Crippen molar-refractivity contribution in [2.24, 2.45) is 0 Å². The summed E-state index contributed by atoms with van der Waals surface area (Å²) < 4.78 is 5.00. The van der Waals surface area contributed by atoms with Gasteiger partial charge in [-0.25, -0.2) is 0 Å². The molecule has 0 aliphatic carbocycles. The second-order valence-electron chi connectivity index (χ2n) is 6.59. The molecule has 0 bridgehead atoms. The Hall–Kier alpha value is -3.09. The van der Waals surface area contributed by atoms with Crippen LogP contribution in [-0.4, -0.2) is 41.8 Å². The Labute approximate surface area is 157 Å². The van der Waals surface area contributed by atoms with E-state index in [1.54, 1.807) is 25.1 Å². The highest BCUT2D eigenvalue weighted by molar-refractivity contribution is 5.95. The molecule has 2 heterocycles. The van der Waals surface area contributed by atoms with E-state index in [4.69, 9.17) is 4.42 Å². The predicted molar refractivity (Wildman–Crippen MR) is 99.1 cm³/mol. The fraction of sp³-hybridized carbons (Fsp3) is 0.350. The molecule has 0 spiro atoms. The van der Waals surface area contributed by atoms with E-state index in [0.29, 0.717) is 12.1 Å². The number of nitrogens with one attached hydrogen (secondary N) is 2. The average Bonchev–Trinajstić information content (AvgIpc) is 3.39. The molecule has 1 unspecified atom stereocenters. The minimum atomic E-state index is -0.696. The molecule has 7 nitrogen and oxygen atoms in total. The van der Waals surface area contributed by atoms with E-state index in [2.05, 4.69) is 10.6 Å². The molecular formula is C20H23N3O4. The van der Waals surface area contributed by atoms with Crippen molar-refractivity contribution in [3.63, 3.8) is 0 Å². The first-order valence-corrected chi connectivity index (χ1v) is 9.05. The lowest BCUT2D eigenvalue weighted by Crippen LogP contribution is -2.44. The van der Waals surface area contributed by atoms with E-state index in [9.17, 15) is 14.4 Å². The number of hydrogen-bond acceptors (Lipinski definition) is 4. The molecule has 3 amide bonds. The van der Waals surface area contributed by atoms with E-state index in [-0.39, 0.29) is 17.6 Å². The maximum atomic E-state index is 12.3. The van der Waals surface area contributed by atoms with Crippen LogP contribution < -0.4 is 10.6 Å². The summed E-state index contributed by atoms with van der Waals surface area (Å²) in [6.07, 6.45) is 3.52. The monoisotopic (exact) mass is 369 g/mol. The van der Waals surface area contributed by atoms with Crippen molar-refractivity contribution < 1.29 is 18.8 Å². The van der Waals surface area contributed by atoms with Gasteiger partial charge in [-0.15, -0.1) is 0 Å². The molecule has 27 heavy (non-hydrogen) atoms. The van der Waals surface area contributed by atoms with Gasteiger partial charge in [-0.1, -0.05) is 12.1 Å². The van der Waals surface area contributed by atoms with Gasteiger partial charge in [0.25, 0.3) is 11.8 Å². The van der Waals surface area contributed by atoms with E-state index in [0.717, 1.165) is 31.5 Å². The number of carbonyl (C=O) groups is 3. The van der Waals surface area contributed by atoms with Gasteiger partial charge in [0.05, 0.1) is 6.26 Å². The van der Waals surface area contributed by atoms with Crippen LogP contribution in [0, 0.1) is 0 Å². The smallest absolute Gasteiger partial charge is 0.287 e. The van der Waals surface area contributed by atoms with Gasteiger partial charge in [-0.3, -0.25) is 14.4 Å². The topological polar surface area (TPSA) is 91.6 Å². The van der Waals surface area contributed by atoms with Crippen LogP contribution in [0.4, 0.5) is 0 Å². The van der Waals surface area contributed by atoms with Crippen molar-refractivity contribution in [1.29, 1.82) is 0 Å². The summed E-state index contributed by atoms with van der Waals surface area (Å²) in [4.78, 5) is 38.2. The van der Waals surface area contributed by atoms with Crippen molar-refractivity contribution in [2.45, 2.75) is 32.4 Å². The Morgan fingerprint density at radius 1 is 1.11 bits per heavy atom. The lowest BCUT2D eigenvalue weighted by molar-refractivity contribution is -0.122. The second-order valence-corrected chi connectivity index (χ2v) is 6.59. The highest BCUT2D eigenvalue weighted by Crippen LogP contribution is 2.13. The second kappa shape index (κ2) is 8.53. The van der Waals surface area contributed by atoms with Gasteiger partial charge in [-0.05, 0) is 49.6 Å². The first kappa shape index (κ1) is 18.7. The Kier molecular flexibility index (Phi) is 5.90. The number of amides is 3. The lowest BCUT2D eigenvalue weighted by atomic mass is 10.1. The van der Waals surface area contributed by atoms with E-state index >= 15 is 0 Å². The molecule has 7 heteroatoms. The number of furan rings is 1. The molecule has 1 aromatic carbocycles. The number of hydrogen-bond donors (Lipinski definition) is 2. The normalized spacial score (nSPS) is 14.6. The zero-order chi connectivity index (χ0) is 19.2. The highest BCUT2D eigenvalue weighted by Gasteiger charge is 2.20. The Morgan fingerprint density at radius 2 is 1.81 bits per heavy atom. The van der Waals surface area contributed by atoms with Crippen molar-refractivity contribution >= 4 is 17.7 Å². The minimum absolute atomic E-state index is 0.0531. The summed E-state index contributed by atoms with van der Waals surface area (Å²) in [5.41, 5.74) is 1.54. The summed E-state index contributed by atoms with van der Waals surface area (Å²) in [6, 6.07) is 9.67. The van der Waals surface area contributed by atoms with Gasteiger partial charge in [0.15, 0.2) is 5.76 Å². The number of benzene rings is 1. The largest absolute Gasteiger partial charge is 0.459 e. The zero-order valence-electron chi connectivity index (χ0n) is 15.2. The maximum Gasteiger partial charge on any atom is 0.287 e. The van der Waals surface area contributed by atoms with E-state index in [1.165, 1.54) is 12.3 Å². The molecule has 1 aliphatic heterocycles. The summed E-state index contributed by atoms with van der Waals surface area (Å²) in [5, 5.41) is 5.35. The van der Waals surface area contributed by atoms with Crippen LogP contribution in [0.2, 0.25) is 0 Å². The van der Waals surface area contributed by atoms with Gasteiger partial charge in [0, 0.05) is 25.2 Å². The number of nitrogens with zero attached hydrogens (tertiary/aromatic N) is 1. The summed E-state index contributed by atoms with van der Waals surface area (Å²) in [6.45, 7) is 3.56. The van der Waals surface area contributed by atoms with Crippen LogP contribution >= 0.6 is 0 Å². The molecule has 0 saturated carbocycles. The lowest BCUT2D eigenvalue weighted by Gasteiger charge is -2.16. The van der Waals surface area contributed by atoms with Crippen LogP contribution in [0.5, 0.6) is 0 Å². The van der Waals surface area contributed by atoms with Crippen molar-refractivity contribution in [2.75, 3.05) is 13.1 Å². The number of rotatable bonds is 6. The summed E-state index contributed by atoms with van der Waals surface area (Å²) >= 11 is 0. The fourth-order valence-corrected chi connectivity index (χ4v) is 2.95. The quantitative estimate of drug-likeness (QED) is 0.814. The predicted octanol–water partition coefficient (Wildman–Crippen LogP) is 1.95. The third-order valence-electron chi connectivity index (χ3n) is 4.55. The molecule has 1 fully saturated rings. The SMILES string of the molecule is CC(NC(=O)c1ccco1)C(=O)NCc1ccc(C(=O)N2CCCC2)cc1. The molecule has 1 saturated heterocycles. The maximum absolute atomic E-state index is 12.3. The van der Waals surface area contributed by atoms with Crippen LogP contribution in [0.3, 0.4) is 0 Å². The molecular weight excluding hydrogens is 346 g/mol. The fourth-order valence-electron chi connectivity index (χ4n) is 2.95. The number of carbonyl (C=O) groups excluding carboxylic acids is 3. The van der Waals surface area contributed by atoms with Gasteiger partial charge >= 0.3 is 0 Å². The molecule has 142 valence electrons. The van der Waals surface area contributed by atoms with Crippen LogP contribution in [0.25, 0.3) is 0 Å². The Bertz CT molecular complexity index is 793. The van der Waals surface area contributed by atoms with Crippen molar-refractivity contribution in [3.8, 4) is 0 Å². The molecule has 2 aromatic rings. The summed E-state index contributed by atoms with van der Waals surface area (Å²) in [5.74, 6) is -0.523. The third kappa shape index (κ3) is 4.75. The first-order chi connectivity index (χ1) is 13.0. The van der Waals surface area contributed by atoms with Crippen molar-refractivity contribution in [1.82, 2.24) is 15.5 Å². The molecule has 3 rings (SSSR count). The molecule has 0 radical (unpaired) electrons. The number of likely N-dealkylation sites (tertiary alicyclic amines) is 1. The molecule has 1 aliphatic rings.